The van der Waals surface area contributed by atoms with Crippen molar-refractivity contribution in [3.63, 3.8) is 0 Å². The second kappa shape index (κ2) is 6.67. The van der Waals surface area contributed by atoms with E-state index in [0.29, 0.717) is 18.7 Å². The minimum Gasteiger partial charge on any atom is -0.493 e. The van der Waals surface area contributed by atoms with E-state index in [1.807, 2.05) is 15.9 Å². The summed E-state index contributed by atoms with van der Waals surface area (Å²) in [6.45, 7) is 3.10. The van der Waals surface area contributed by atoms with Crippen LogP contribution in [0.3, 0.4) is 0 Å². The van der Waals surface area contributed by atoms with E-state index in [4.69, 9.17) is 4.74 Å². The van der Waals surface area contributed by atoms with Crippen molar-refractivity contribution in [1.29, 1.82) is 0 Å². The fourth-order valence-electron chi connectivity index (χ4n) is 3.70. The maximum atomic E-state index is 12.3. The molecular formula is C18H22N2O3S. The van der Waals surface area contributed by atoms with Crippen LogP contribution in [0.15, 0.2) is 18.2 Å². The Labute approximate surface area is 146 Å². The van der Waals surface area contributed by atoms with E-state index >= 15 is 0 Å². The zero-order valence-corrected chi connectivity index (χ0v) is 14.5. The molecule has 128 valence electrons. The van der Waals surface area contributed by atoms with Crippen molar-refractivity contribution in [3.8, 4) is 5.75 Å². The van der Waals surface area contributed by atoms with Gasteiger partial charge < -0.3 is 14.5 Å². The van der Waals surface area contributed by atoms with Gasteiger partial charge in [-0.15, -0.1) is 11.8 Å². The minimum atomic E-state index is 0.0951. The minimum absolute atomic E-state index is 0.0951. The van der Waals surface area contributed by atoms with E-state index in [1.165, 1.54) is 11.1 Å². The molecule has 2 saturated heterocycles. The molecule has 0 aliphatic carbocycles. The van der Waals surface area contributed by atoms with Crippen LogP contribution < -0.4 is 4.74 Å². The number of amides is 2. The summed E-state index contributed by atoms with van der Waals surface area (Å²) in [6, 6.07) is 6.30. The van der Waals surface area contributed by atoms with E-state index in [9.17, 15) is 9.59 Å². The molecule has 0 N–H and O–H groups in total. The lowest BCUT2D eigenvalue weighted by Gasteiger charge is -2.25. The molecule has 24 heavy (non-hydrogen) atoms. The zero-order chi connectivity index (χ0) is 16.5. The van der Waals surface area contributed by atoms with Crippen LogP contribution in [0.4, 0.5) is 0 Å². The van der Waals surface area contributed by atoms with Crippen LogP contribution in [0.2, 0.25) is 0 Å². The smallest absolute Gasteiger partial charge is 0.233 e. The summed E-state index contributed by atoms with van der Waals surface area (Å²) in [7, 11) is 0. The number of hydrogen-bond acceptors (Lipinski definition) is 4. The Hall–Kier alpha value is -1.69. The van der Waals surface area contributed by atoms with Crippen LogP contribution in [0.25, 0.3) is 0 Å². The van der Waals surface area contributed by atoms with Gasteiger partial charge in [-0.2, -0.15) is 0 Å². The lowest BCUT2D eigenvalue weighted by atomic mass is 10.1. The highest BCUT2D eigenvalue weighted by Crippen LogP contribution is 2.40. The van der Waals surface area contributed by atoms with Crippen LogP contribution in [0.5, 0.6) is 5.75 Å². The summed E-state index contributed by atoms with van der Waals surface area (Å²) in [4.78, 5) is 27.9. The monoisotopic (exact) mass is 346 g/mol. The molecule has 0 saturated carbocycles. The Morgan fingerprint density at radius 3 is 2.92 bits per heavy atom. The molecule has 1 atom stereocenters. The largest absolute Gasteiger partial charge is 0.493 e. The predicted molar refractivity (Wildman–Crippen MR) is 93.0 cm³/mol. The van der Waals surface area contributed by atoms with Gasteiger partial charge in [-0.3, -0.25) is 9.59 Å². The molecule has 4 rings (SSSR count). The van der Waals surface area contributed by atoms with Gasteiger partial charge in [-0.1, -0.05) is 6.07 Å². The SMILES string of the molecule is O=C1CCCN1CCCN1C(=O)CSC1c1ccc2c(c1)CCO2. The van der Waals surface area contributed by atoms with Gasteiger partial charge in [0.15, 0.2) is 0 Å². The van der Waals surface area contributed by atoms with Crippen LogP contribution in [0.1, 0.15) is 35.8 Å². The number of nitrogens with zero attached hydrogens (tertiary/aromatic N) is 2. The van der Waals surface area contributed by atoms with Crippen molar-refractivity contribution in [2.75, 3.05) is 32.0 Å². The summed E-state index contributed by atoms with van der Waals surface area (Å²) in [6.07, 6.45) is 3.45. The third-order valence-corrected chi connectivity index (χ3v) is 6.22. The summed E-state index contributed by atoms with van der Waals surface area (Å²) in [5.74, 6) is 1.98. The second-order valence-corrected chi connectivity index (χ2v) is 7.62. The van der Waals surface area contributed by atoms with Crippen molar-refractivity contribution in [3.05, 3.63) is 29.3 Å². The summed E-state index contributed by atoms with van der Waals surface area (Å²) < 4.78 is 5.57. The number of thioether (sulfide) groups is 1. The highest BCUT2D eigenvalue weighted by molar-refractivity contribution is 8.00. The van der Waals surface area contributed by atoms with Gasteiger partial charge in [-0.05, 0) is 36.1 Å². The lowest BCUT2D eigenvalue weighted by molar-refractivity contribution is -0.128. The average Bonchev–Trinajstić information content (AvgIpc) is 3.28. The molecule has 3 aliphatic rings. The van der Waals surface area contributed by atoms with Gasteiger partial charge in [0.25, 0.3) is 0 Å². The van der Waals surface area contributed by atoms with E-state index in [1.54, 1.807) is 11.8 Å². The number of fused-ring (bicyclic) bond motifs is 1. The van der Waals surface area contributed by atoms with Gasteiger partial charge in [0.2, 0.25) is 11.8 Å². The fraction of sp³-hybridized carbons (Fsp3) is 0.556. The molecule has 2 fully saturated rings. The van der Waals surface area contributed by atoms with Gasteiger partial charge in [0, 0.05) is 32.5 Å². The molecule has 0 radical (unpaired) electrons. The standard InChI is InChI=1S/C18H22N2O3S/c21-16-3-1-7-19(16)8-2-9-20-17(22)12-24-18(20)14-4-5-15-13(11-14)6-10-23-15/h4-5,11,18H,1-3,6-10,12H2. The molecule has 5 nitrogen and oxygen atoms in total. The maximum absolute atomic E-state index is 12.3. The molecule has 2 amide bonds. The van der Waals surface area contributed by atoms with Gasteiger partial charge >= 0.3 is 0 Å². The number of carbonyl (C=O) groups is 2. The molecule has 3 heterocycles. The molecule has 0 bridgehead atoms. The van der Waals surface area contributed by atoms with Crippen LogP contribution in [0, 0.1) is 0 Å². The van der Waals surface area contributed by atoms with Crippen molar-refractivity contribution in [1.82, 2.24) is 9.80 Å². The number of rotatable bonds is 5. The molecule has 0 aromatic heterocycles. The van der Waals surface area contributed by atoms with Crippen LogP contribution in [-0.2, 0) is 16.0 Å². The Bertz CT molecular complexity index is 664. The number of ether oxygens (including phenoxy) is 1. The van der Waals surface area contributed by atoms with E-state index < -0.39 is 0 Å². The van der Waals surface area contributed by atoms with Crippen molar-refractivity contribution < 1.29 is 14.3 Å². The van der Waals surface area contributed by atoms with Crippen LogP contribution >= 0.6 is 11.8 Å². The van der Waals surface area contributed by atoms with E-state index in [2.05, 4.69) is 12.1 Å². The average molecular weight is 346 g/mol. The first-order chi connectivity index (χ1) is 11.7. The number of hydrogen-bond donors (Lipinski definition) is 0. The van der Waals surface area contributed by atoms with Gasteiger partial charge in [0.05, 0.1) is 12.4 Å². The molecule has 3 aliphatic heterocycles. The summed E-state index contributed by atoms with van der Waals surface area (Å²) in [5, 5.41) is 0.0951. The van der Waals surface area contributed by atoms with E-state index in [0.717, 1.165) is 44.7 Å². The molecule has 1 aromatic carbocycles. The highest BCUT2D eigenvalue weighted by Gasteiger charge is 2.33. The van der Waals surface area contributed by atoms with Gasteiger partial charge in [-0.25, -0.2) is 0 Å². The van der Waals surface area contributed by atoms with Crippen molar-refractivity contribution in [2.24, 2.45) is 0 Å². The quantitative estimate of drug-likeness (QED) is 0.820. The topological polar surface area (TPSA) is 49.9 Å². The van der Waals surface area contributed by atoms with Crippen molar-refractivity contribution in [2.45, 2.75) is 31.1 Å². The van der Waals surface area contributed by atoms with Crippen molar-refractivity contribution >= 4 is 23.6 Å². The molecule has 6 heteroatoms. The molecule has 1 unspecified atom stereocenters. The summed E-state index contributed by atoms with van der Waals surface area (Å²) in [5.41, 5.74) is 2.43. The second-order valence-electron chi connectivity index (χ2n) is 6.55. The maximum Gasteiger partial charge on any atom is 0.233 e. The van der Waals surface area contributed by atoms with Gasteiger partial charge in [0.1, 0.15) is 11.1 Å². The Balaban J connectivity index is 1.41. The first kappa shape index (κ1) is 15.8. The summed E-state index contributed by atoms with van der Waals surface area (Å²) >= 11 is 1.70. The Kier molecular flexibility index (Phi) is 4.39. The van der Waals surface area contributed by atoms with Crippen LogP contribution in [-0.4, -0.2) is 53.6 Å². The zero-order valence-electron chi connectivity index (χ0n) is 13.7. The first-order valence-electron chi connectivity index (χ1n) is 8.67. The van der Waals surface area contributed by atoms with E-state index in [-0.39, 0.29) is 17.2 Å². The normalized spacial score (nSPS) is 23.1. The number of benzene rings is 1. The Morgan fingerprint density at radius 1 is 1.17 bits per heavy atom. The third-order valence-electron chi connectivity index (χ3n) is 4.97. The Morgan fingerprint density at radius 2 is 2.08 bits per heavy atom. The number of carbonyl (C=O) groups excluding carboxylic acids is 2. The first-order valence-corrected chi connectivity index (χ1v) is 9.72. The highest BCUT2D eigenvalue weighted by atomic mass is 32.2. The third kappa shape index (κ3) is 2.99. The fourth-order valence-corrected chi connectivity index (χ4v) is 4.91. The molecule has 1 aromatic rings. The lowest BCUT2D eigenvalue weighted by Crippen LogP contribution is -2.33. The number of likely N-dealkylation sites (tertiary alicyclic amines) is 1. The predicted octanol–water partition coefficient (Wildman–Crippen LogP) is 2.21. The molecule has 0 spiro atoms. The molecular weight excluding hydrogens is 324 g/mol.